The maximum Gasteiger partial charge on any atom is 0.417 e. The maximum absolute atomic E-state index is 12.9. The van der Waals surface area contributed by atoms with Crippen molar-refractivity contribution in [1.82, 2.24) is 10.0 Å². The number of benzene rings is 1. The van der Waals surface area contributed by atoms with Crippen molar-refractivity contribution in [1.29, 1.82) is 0 Å². The molecular formula is C11H14F4N2O2S. The van der Waals surface area contributed by atoms with Gasteiger partial charge in [0.25, 0.3) is 0 Å². The van der Waals surface area contributed by atoms with Gasteiger partial charge in [0, 0.05) is 13.1 Å². The molecule has 0 amide bonds. The third-order valence-electron chi connectivity index (χ3n) is 2.38. The standard InChI is InChI=1S/C11H14F4N2O2S/c1-2-16-5-6-17-20(18,19)10-4-3-8(12)7-9(10)11(13,14)15/h3-4,7,16-17H,2,5-6H2,1H3. The molecule has 2 N–H and O–H groups in total. The predicted molar refractivity (Wildman–Crippen MR) is 65.1 cm³/mol. The van der Waals surface area contributed by atoms with Gasteiger partial charge in [-0.25, -0.2) is 17.5 Å². The van der Waals surface area contributed by atoms with Crippen LogP contribution in [0.5, 0.6) is 0 Å². The quantitative estimate of drug-likeness (QED) is 0.621. The summed E-state index contributed by atoms with van der Waals surface area (Å²) in [6.07, 6.45) is -4.95. The number of rotatable bonds is 6. The van der Waals surface area contributed by atoms with E-state index in [4.69, 9.17) is 0 Å². The van der Waals surface area contributed by atoms with Gasteiger partial charge in [-0.05, 0) is 24.7 Å². The van der Waals surface area contributed by atoms with Crippen LogP contribution in [0.15, 0.2) is 23.1 Å². The maximum atomic E-state index is 12.9. The topological polar surface area (TPSA) is 58.2 Å². The summed E-state index contributed by atoms with van der Waals surface area (Å²) in [5.74, 6) is -1.15. The molecule has 0 bridgehead atoms. The summed E-state index contributed by atoms with van der Waals surface area (Å²) in [5.41, 5.74) is -1.52. The molecule has 4 nitrogen and oxygen atoms in total. The smallest absolute Gasteiger partial charge is 0.316 e. The number of hydrogen-bond donors (Lipinski definition) is 2. The molecule has 9 heteroatoms. The van der Waals surface area contributed by atoms with E-state index in [0.29, 0.717) is 18.7 Å². The summed E-state index contributed by atoms with van der Waals surface area (Å²) >= 11 is 0. The third-order valence-corrected chi connectivity index (χ3v) is 3.90. The lowest BCUT2D eigenvalue weighted by molar-refractivity contribution is -0.140. The molecule has 0 aliphatic heterocycles. The van der Waals surface area contributed by atoms with Crippen molar-refractivity contribution >= 4 is 10.0 Å². The van der Waals surface area contributed by atoms with E-state index in [1.165, 1.54) is 0 Å². The molecule has 0 saturated heterocycles. The van der Waals surface area contributed by atoms with Crippen LogP contribution in [0.1, 0.15) is 12.5 Å². The van der Waals surface area contributed by atoms with Gasteiger partial charge >= 0.3 is 6.18 Å². The molecule has 1 aromatic rings. The molecule has 1 aromatic carbocycles. The fourth-order valence-electron chi connectivity index (χ4n) is 1.49. The summed E-state index contributed by atoms with van der Waals surface area (Å²) in [6.45, 7) is 2.62. The van der Waals surface area contributed by atoms with Crippen molar-refractivity contribution < 1.29 is 26.0 Å². The van der Waals surface area contributed by atoms with Crippen LogP contribution in [0, 0.1) is 5.82 Å². The highest BCUT2D eigenvalue weighted by atomic mass is 32.2. The fourth-order valence-corrected chi connectivity index (χ4v) is 2.72. The molecule has 1 rings (SSSR count). The highest BCUT2D eigenvalue weighted by molar-refractivity contribution is 7.89. The molecule has 0 radical (unpaired) electrons. The second-order valence-corrected chi connectivity index (χ2v) is 5.62. The Morgan fingerprint density at radius 3 is 2.40 bits per heavy atom. The van der Waals surface area contributed by atoms with E-state index in [9.17, 15) is 26.0 Å². The minimum Gasteiger partial charge on any atom is -0.316 e. The van der Waals surface area contributed by atoms with Crippen LogP contribution in [-0.4, -0.2) is 28.1 Å². The fraction of sp³-hybridized carbons (Fsp3) is 0.455. The normalized spacial score (nSPS) is 12.7. The Bertz CT molecular complexity index is 558. The number of likely N-dealkylation sites (N-methyl/N-ethyl adjacent to an activating group) is 1. The first-order chi connectivity index (χ1) is 9.18. The van der Waals surface area contributed by atoms with Crippen LogP contribution in [0.2, 0.25) is 0 Å². The van der Waals surface area contributed by atoms with Crippen LogP contribution in [0.25, 0.3) is 0 Å². The van der Waals surface area contributed by atoms with E-state index in [-0.39, 0.29) is 19.2 Å². The molecular weight excluding hydrogens is 300 g/mol. The summed E-state index contributed by atoms with van der Waals surface area (Å²) in [6, 6.07) is 1.45. The average Bonchev–Trinajstić information content (AvgIpc) is 2.33. The Labute approximate surface area is 114 Å². The third kappa shape index (κ3) is 4.43. The number of alkyl halides is 3. The first-order valence-electron chi connectivity index (χ1n) is 5.75. The van der Waals surface area contributed by atoms with E-state index in [0.717, 1.165) is 0 Å². The van der Waals surface area contributed by atoms with E-state index < -0.39 is 32.5 Å². The zero-order chi connectivity index (χ0) is 15.4. The van der Waals surface area contributed by atoms with Gasteiger partial charge in [0.2, 0.25) is 10.0 Å². The zero-order valence-electron chi connectivity index (χ0n) is 10.6. The molecule has 0 unspecified atom stereocenters. The molecule has 0 fully saturated rings. The second kappa shape index (κ2) is 6.51. The Balaban J connectivity index is 3.06. The molecule has 20 heavy (non-hydrogen) atoms. The lowest BCUT2D eigenvalue weighted by Gasteiger charge is -2.14. The molecule has 0 aliphatic rings. The van der Waals surface area contributed by atoms with E-state index in [2.05, 4.69) is 5.32 Å². The van der Waals surface area contributed by atoms with Crippen molar-refractivity contribution in [2.45, 2.75) is 18.0 Å². The van der Waals surface area contributed by atoms with Crippen LogP contribution in [0.4, 0.5) is 17.6 Å². The molecule has 0 atom stereocenters. The van der Waals surface area contributed by atoms with Crippen LogP contribution in [-0.2, 0) is 16.2 Å². The van der Waals surface area contributed by atoms with E-state index >= 15 is 0 Å². The van der Waals surface area contributed by atoms with Crippen molar-refractivity contribution in [2.75, 3.05) is 19.6 Å². The highest BCUT2D eigenvalue weighted by Crippen LogP contribution is 2.34. The molecule has 0 saturated carbocycles. The number of nitrogens with one attached hydrogen (secondary N) is 2. The molecule has 114 valence electrons. The number of halogens is 4. The summed E-state index contributed by atoms with van der Waals surface area (Å²) in [7, 11) is -4.35. The Kier molecular flexibility index (Phi) is 5.49. The lowest BCUT2D eigenvalue weighted by atomic mass is 10.2. The summed E-state index contributed by atoms with van der Waals surface area (Å²) in [5, 5.41) is 2.82. The second-order valence-electron chi connectivity index (χ2n) is 3.89. The van der Waals surface area contributed by atoms with Gasteiger partial charge in [-0.3, -0.25) is 0 Å². The van der Waals surface area contributed by atoms with Gasteiger partial charge in [0.15, 0.2) is 0 Å². The first kappa shape index (κ1) is 16.9. The monoisotopic (exact) mass is 314 g/mol. The summed E-state index contributed by atoms with van der Waals surface area (Å²) < 4.78 is 76.7. The van der Waals surface area contributed by atoms with Crippen molar-refractivity contribution in [3.63, 3.8) is 0 Å². The first-order valence-corrected chi connectivity index (χ1v) is 7.24. The SMILES string of the molecule is CCNCCNS(=O)(=O)c1ccc(F)cc1C(F)(F)F. The van der Waals surface area contributed by atoms with E-state index in [1.54, 1.807) is 6.92 Å². The predicted octanol–water partition coefficient (Wildman–Crippen LogP) is 1.73. The number of hydrogen-bond acceptors (Lipinski definition) is 3. The Morgan fingerprint density at radius 2 is 1.85 bits per heavy atom. The van der Waals surface area contributed by atoms with Gasteiger partial charge in [-0.15, -0.1) is 0 Å². The minimum atomic E-state index is -4.95. The van der Waals surface area contributed by atoms with Gasteiger partial charge in [-0.1, -0.05) is 6.92 Å². The highest BCUT2D eigenvalue weighted by Gasteiger charge is 2.37. The van der Waals surface area contributed by atoms with Gasteiger partial charge in [0.1, 0.15) is 5.82 Å². The van der Waals surface area contributed by atoms with Crippen molar-refractivity contribution in [3.8, 4) is 0 Å². The van der Waals surface area contributed by atoms with Crippen molar-refractivity contribution in [3.05, 3.63) is 29.6 Å². The summed E-state index contributed by atoms with van der Waals surface area (Å²) in [4.78, 5) is -0.983. The molecule has 0 aromatic heterocycles. The van der Waals surface area contributed by atoms with Gasteiger partial charge in [-0.2, -0.15) is 13.2 Å². The van der Waals surface area contributed by atoms with Gasteiger partial charge in [0.05, 0.1) is 10.5 Å². The lowest BCUT2D eigenvalue weighted by Crippen LogP contribution is -2.33. The Hall–Kier alpha value is -1.19. The average molecular weight is 314 g/mol. The van der Waals surface area contributed by atoms with Crippen LogP contribution in [0.3, 0.4) is 0 Å². The number of sulfonamides is 1. The molecule has 0 heterocycles. The van der Waals surface area contributed by atoms with Crippen LogP contribution < -0.4 is 10.0 Å². The zero-order valence-corrected chi connectivity index (χ0v) is 11.4. The van der Waals surface area contributed by atoms with Crippen molar-refractivity contribution in [2.24, 2.45) is 0 Å². The molecule has 0 aliphatic carbocycles. The molecule has 0 spiro atoms. The largest absolute Gasteiger partial charge is 0.417 e. The van der Waals surface area contributed by atoms with Crippen LogP contribution >= 0.6 is 0 Å². The Morgan fingerprint density at radius 1 is 1.20 bits per heavy atom. The van der Waals surface area contributed by atoms with E-state index in [1.807, 2.05) is 4.72 Å². The minimum absolute atomic E-state index is 0.0646. The van der Waals surface area contributed by atoms with Gasteiger partial charge < -0.3 is 5.32 Å².